The van der Waals surface area contributed by atoms with Crippen molar-refractivity contribution in [1.29, 1.82) is 0 Å². The molecule has 0 aromatic rings. The van der Waals surface area contributed by atoms with E-state index >= 15 is 0 Å². The highest BCUT2D eigenvalue weighted by atomic mass is 14.9. The number of hydrogen-bond donors (Lipinski definition) is 1. The van der Waals surface area contributed by atoms with Gasteiger partial charge in [-0.1, -0.05) is 18.7 Å². The van der Waals surface area contributed by atoms with Gasteiger partial charge in [-0.2, -0.15) is 0 Å². The zero-order valence-electron chi connectivity index (χ0n) is 5.19. The Kier molecular flexibility index (Phi) is 2.41. The van der Waals surface area contributed by atoms with Gasteiger partial charge in [-0.05, 0) is 19.5 Å². The molecular weight excluding hydrogens is 96.9 g/mol. The third-order valence-electron chi connectivity index (χ3n) is 1.58. The van der Waals surface area contributed by atoms with E-state index in [1.165, 1.54) is 19.3 Å². The smallest absolute Gasteiger partial charge is 0.0716 e. The van der Waals surface area contributed by atoms with E-state index < -0.39 is 0 Å². The highest BCUT2D eigenvalue weighted by Crippen LogP contribution is 2.11. The minimum atomic E-state index is 0.414. The summed E-state index contributed by atoms with van der Waals surface area (Å²) in [6.07, 6.45) is 3.80. The van der Waals surface area contributed by atoms with Crippen molar-refractivity contribution in [2.45, 2.75) is 25.1 Å². The lowest BCUT2D eigenvalue weighted by atomic mass is 9.84. The fourth-order valence-corrected chi connectivity index (χ4v) is 1.05. The monoisotopic (exact) mass is 109 g/mol. The molecule has 1 N–H and O–H groups in total. The third kappa shape index (κ3) is 1.87. The van der Waals surface area contributed by atoms with Gasteiger partial charge in [0.05, 0.1) is 7.85 Å². The molecule has 2 radical (unpaired) electrons. The first-order chi connectivity index (χ1) is 3.89. The van der Waals surface area contributed by atoms with Gasteiger partial charge < -0.3 is 5.32 Å². The summed E-state index contributed by atoms with van der Waals surface area (Å²) in [6.45, 7) is 2.17. The van der Waals surface area contributed by atoms with Crippen molar-refractivity contribution in [2.24, 2.45) is 0 Å². The predicted octanol–water partition coefficient (Wildman–Crippen LogP) is 0.717. The van der Waals surface area contributed by atoms with Crippen molar-refractivity contribution < 1.29 is 0 Å². The molecule has 1 rings (SSSR count). The van der Waals surface area contributed by atoms with Crippen LogP contribution in [-0.2, 0) is 0 Å². The summed E-state index contributed by atoms with van der Waals surface area (Å²) >= 11 is 0. The molecule has 1 fully saturated rings. The molecule has 1 nitrogen and oxygen atoms in total. The standard InChI is InChI=1S/C6H12BN/c7-6-3-1-2-4-8-5-6/h6,8H,1-5H2/t6-/m1/s1. The Hall–Kier alpha value is 0.0249. The molecule has 44 valence electrons. The largest absolute Gasteiger partial charge is 0.317 e. The molecule has 1 saturated heterocycles. The fourth-order valence-electron chi connectivity index (χ4n) is 1.05. The Bertz CT molecular complexity index is 57.5. The molecule has 1 aliphatic heterocycles. The van der Waals surface area contributed by atoms with Crippen LogP contribution in [0.2, 0.25) is 5.82 Å². The first-order valence-electron chi connectivity index (χ1n) is 3.36. The van der Waals surface area contributed by atoms with Gasteiger partial charge in [0.2, 0.25) is 0 Å². The molecular formula is C6H12BN. The molecule has 2 heteroatoms. The summed E-state index contributed by atoms with van der Waals surface area (Å²) in [6, 6.07) is 0. The van der Waals surface area contributed by atoms with Gasteiger partial charge in [0, 0.05) is 0 Å². The maximum atomic E-state index is 5.67. The van der Waals surface area contributed by atoms with Crippen molar-refractivity contribution in [1.82, 2.24) is 5.32 Å². The number of rotatable bonds is 0. The van der Waals surface area contributed by atoms with Crippen molar-refractivity contribution in [2.75, 3.05) is 13.1 Å². The van der Waals surface area contributed by atoms with Crippen LogP contribution in [0.5, 0.6) is 0 Å². The minimum Gasteiger partial charge on any atom is -0.317 e. The average molecular weight is 109 g/mol. The second-order valence-electron chi connectivity index (χ2n) is 2.46. The second kappa shape index (κ2) is 3.13. The molecule has 1 heterocycles. The molecule has 0 bridgehead atoms. The van der Waals surface area contributed by atoms with Gasteiger partial charge in [-0.25, -0.2) is 0 Å². The summed E-state index contributed by atoms with van der Waals surface area (Å²) in [5.74, 6) is 0.414. The Morgan fingerprint density at radius 2 is 2.25 bits per heavy atom. The van der Waals surface area contributed by atoms with E-state index in [1.807, 2.05) is 0 Å². The summed E-state index contributed by atoms with van der Waals surface area (Å²) in [4.78, 5) is 0. The quantitative estimate of drug-likeness (QED) is 0.452. The number of nitrogens with one attached hydrogen (secondary N) is 1. The molecule has 0 amide bonds. The van der Waals surface area contributed by atoms with Crippen LogP contribution in [0, 0.1) is 0 Å². The van der Waals surface area contributed by atoms with E-state index in [1.54, 1.807) is 0 Å². The third-order valence-corrected chi connectivity index (χ3v) is 1.58. The van der Waals surface area contributed by atoms with Crippen LogP contribution >= 0.6 is 0 Å². The van der Waals surface area contributed by atoms with Crippen molar-refractivity contribution in [3.8, 4) is 0 Å². The molecule has 0 unspecified atom stereocenters. The van der Waals surface area contributed by atoms with Crippen molar-refractivity contribution in [3.63, 3.8) is 0 Å². The van der Waals surface area contributed by atoms with Crippen LogP contribution in [-0.4, -0.2) is 20.9 Å². The highest BCUT2D eigenvalue weighted by molar-refractivity contribution is 6.11. The van der Waals surface area contributed by atoms with Gasteiger partial charge in [-0.15, -0.1) is 0 Å². The van der Waals surface area contributed by atoms with Gasteiger partial charge in [-0.3, -0.25) is 0 Å². The first kappa shape index (κ1) is 6.15. The minimum absolute atomic E-state index is 0.414. The van der Waals surface area contributed by atoms with E-state index in [9.17, 15) is 0 Å². The van der Waals surface area contributed by atoms with E-state index in [4.69, 9.17) is 7.85 Å². The molecule has 0 aromatic carbocycles. The van der Waals surface area contributed by atoms with Crippen LogP contribution in [0.25, 0.3) is 0 Å². The lowest BCUT2D eigenvalue weighted by Gasteiger charge is -2.04. The molecule has 0 spiro atoms. The average Bonchev–Trinajstić information content (AvgIpc) is 1.94. The Balaban J connectivity index is 2.17. The maximum Gasteiger partial charge on any atom is 0.0716 e. The Morgan fingerprint density at radius 3 is 3.12 bits per heavy atom. The zero-order valence-corrected chi connectivity index (χ0v) is 5.19. The Labute approximate surface area is 52.3 Å². The molecule has 0 aromatic heterocycles. The molecule has 8 heavy (non-hydrogen) atoms. The van der Waals surface area contributed by atoms with Gasteiger partial charge in [0.1, 0.15) is 0 Å². The summed E-state index contributed by atoms with van der Waals surface area (Å²) in [7, 11) is 5.67. The van der Waals surface area contributed by atoms with Crippen LogP contribution in [0.4, 0.5) is 0 Å². The van der Waals surface area contributed by atoms with E-state index in [2.05, 4.69) is 5.32 Å². The first-order valence-corrected chi connectivity index (χ1v) is 3.36. The molecule has 1 aliphatic rings. The van der Waals surface area contributed by atoms with Crippen molar-refractivity contribution in [3.05, 3.63) is 0 Å². The maximum absolute atomic E-state index is 5.67. The zero-order chi connectivity index (χ0) is 5.82. The summed E-state index contributed by atoms with van der Waals surface area (Å²) in [5.41, 5.74) is 0. The van der Waals surface area contributed by atoms with E-state index in [0.29, 0.717) is 5.82 Å². The van der Waals surface area contributed by atoms with Gasteiger partial charge in [0.15, 0.2) is 0 Å². The molecule has 1 atom stereocenters. The van der Waals surface area contributed by atoms with Crippen molar-refractivity contribution >= 4 is 7.85 Å². The van der Waals surface area contributed by atoms with E-state index in [-0.39, 0.29) is 0 Å². The van der Waals surface area contributed by atoms with Crippen LogP contribution < -0.4 is 5.32 Å². The molecule has 0 saturated carbocycles. The number of hydrogen-bond acceptors (Lipinski definition) is 1. The van der Waals surface area contributed by atoms with E-state index in [0.717, 1.165) is 13.1 Å². The van der Waals surface area contributed by atoms with Crippen LogP contribution in [0.15, 0.2) is 0 Å². The summed E-state index contributed by atoms with van der Waals surface area (Å²) < 4.78 is 0. The lowest BCUT2D eigenvalue weighted by Crippen LogP contribution is -2.17. The Morgan fingerprint density at radius 1 is 1.38 bits per heavy atom. The predicted molar refractivity (Wildman–Crippen MR) is 36.2 cm³/mol. The topological polar surface area (TPSA) is 12.0 Å². The highest BCUT2D eigenvalue weighted by Gasteiger charge is 2.03. The van der Waals surface area contributed by atoms with Gasteiger partial charge in [0.25, 0.3) is 0 Å². The SMILES string of the molecule is [B][C@@H]1CCCCNC1. The van der Waals surface area contributed by atoms with Crippen LogP contribution in [0.1, 0.15) is 19.3 Å². The summed E-state index contributed by atoms with van der Waals surface area (Å²) in [5, 5.41) is 3.27. The second-order valence-corrected chi connectivity index (χ2v) is 2.46. The van der Waals surface area contributed by atoms with Crippen LogP contribution in [0.3, 0.4) is 0 Å². The lowest BCUT2D eigenvalue weighted by molar-refractivity contribution is 0.702. The fraction of sp³-hybridized carbons (Fsp3) is 1.00. The van der Waals surface area contributed by atoms with Gasteiger partial charge >= 0.3 is 0 Å². The normalized spacial score (nSPS) is 31.8. The molecule has 0 aliphatic carbocycles.